The molecule has 26 heavy (non-hydrogen) atoms. The van der Waals surface area contributed by atoms with E-state index in [4.69, 9.17) is 0 Å². The van der Waals surface area contributed by atoms with Crippen molar-refractivity contribution < 1.29 is 4.79 Å². The highest BCUT2D eigenvalue weighted by Gasteiger charge is 2.35. The Balaban J connectivity index is 1.36. The van der Waals surface area contributed by atoms with E-state index in [0.717, 1.165) is 30.3 Å². The van der Waals surface area contributed by atoms with Crippen LogP contribution in [0.3, 0.4) is 0 Å². The molecule has 2 aliphatic rings. The predicted octanol–water partition coefficient (Wildman–Crippen LogP) is 4.05. The molecule has 1 aliphatic heterocycles. The number of aromatic amines is 1. The van der Waals surface area contributed by atoms with Crippen LogP contribution in [0.1, 0.15) is 44.1 Å². The minimum Gasteiger partial charge on any atom is -0.339 e. The number of hydrogen-bond acceptors (Lipinski definition) is 4. The minimum absolute atomic E-state index is 0.244. The van der Waals surface area contributed by atoms with Gasteiger partial charge in [-0.2, -0.15) is 0 Å². The summed E-state index contributed by atoms with van der Waals surface area (Å²) in [5.41, 5.74) is 2.23. The predicted molar refractivity (Wildman–Crippen MR) is 104 cm³/mol. The first-order valence-corrected chi connectivity index (χ1v) is 10.6. The van der Waals surface area contributed by atoms with Gasteiger partial charge in [-0.05, 0) is 38.5 Å². The van der Waals surface area contributed by atoms with Crippen molar-refractivity contribution in [3.05, 3.63) is 29.8 Å². The first-order valence-electron chi connectivity index (χ1n) is 9.62. The number of aromatic nitrogens is 3. The number of benzene rings is 1. The molecule has 138 valence electrons. The van der Waals surface area contributed by atoms with Gasteiger partial charge in [-0.1, -0.05) is 54.4 Å². The van der Waals surface area contributed by atoms with Gasteiger partial charge in [0, 0.05) is 18.2 Å². The van der Waals surface area contributed by atoms with Crippen LogP contribution in [-0.2, 0) is 4.79 Å². The minimum atomic E-state index is 0.244. The average Bonchev–Trinajstić information content (AvgIpc) is 3.15. The third kappa shape index (κ3) is 3.80. The van der Waals surface area contributed by atoms with E-state index in [1.54, 1.807) is 0 Å². The molecule has 2 atom stereocenters. The monoisotopic (exact) mass is 370 g/mol. The fourth-order valence-corrected chi connectivity index (χ4v) is 4.98. The number of hydrogen-bond donors (Lipinski definition) is 1. The summed E-state index contributed by atoms with van der Waals surface area (Å²) in [7, 11) is 0. The molecule has 1 saturated heterocycles. The van der Waals surface area contributed by atoms with Crippen LogP contribution >= 0.6 is 11.8 Å². The standard InChI is InChI=1S/C20H26N4OS/c1-14-8-10-16(11-9-14)19-21-20(23-22-19)26-13-18(25)24-12-4-6-15-5-2-3-7-17(15)24/h8-11,15,17H,2-7,12-13H2,1H3,(H,21,22,23). The Labute approximate surface area is 159 Å². The van der Waals surface area contributed by atoms with Crippen LogP contribution in [-0.4, -0.2) is 44.3 Å². The van der Waals surface area contributed by atoms with Crippen molar-refractivity contribution in [2.45, 2.75) is 56.6 Å². The fourth-order valence-electron chi connectivity index (χ4n) is 4.30. The number of nitrogens with zero attached hydrogens (tertiary/aromatic N) is 3. The zero-order chi connectivity index (χ0) is 17.9. The largest absolute Gasteiger partial charge is 0.339 e. The maximum atomic E-state index is 12.8. The van der Waals surface area contributed by atoms with E-state index in [0.29, 0.717) is 17.0 Å². The zero-order valence-corrected chi connectivity index (χ0v) is 16.1. The lowest BCUT2D eigenvalue weighted by atomic mass is 9.78. The summed E-state index contributed by atoms with van der Waals surface area (Å²) >= 11 is 1.44. The maximum Gasteiger partial charge on any atom is 0.233 e. The van der Waals surface area contributed by atoms with E-state index in [1.165, 1.54) is 49.4 Å². The highest BCUT2D eigenvalue weighted by molar-refractivity contribution is 7.99. The number of thioether (sulfide) groups is 1. The number of piperidine rings is 1. The summed E-state index contributed by atoms with van der Waals surface area (Å²) in [6.45, 7) is 2.98. The summed E-state index contributed by atoms with van der Waals surface area (Å²) in [5.74, 6) is 2.15. The Morgan fingerprint density at radius 2 is 1.96 bits per heavy atom. The van der Waals surface area contributed by atoms with E-state index >= 15 is 0 Å². The van der Waals surface area contributed by atoms with Gasteiger partial charge in [-0.25, -0.2) is 4.98 Å². The molecule has 2 unspecified atom stereocenters. The van der Waals surface area contributed by atoms with Gasteiger partial charge >= 0.3 is 0 Å². The SMILES string of the molecule is Cc1ccc(-c2nc(SCC(=O)N3CCCC4CCCCC43)n[nH]2)cc1. The Hall–Kier alpha value is -1.82. The number of likely N-dealkylation sites (tertiary alicyclic amines) is 1. The second-order valence-corrected chi connectivity index (χ2v) is 8.41. The second kappa shape index (κ2) is 7.82. The van der Waals surface area contributed by atoms with Crippen LogP contribution in [0.25, 0.3) is 11.4 Å². The van der Waals surface area contributed by atoms with Crippen LogP contribution in [0, 0.1) is 12.8 Å². The number of H-pyrrole nitrogens is 1. The first kappa shape index (κ1) is 17.6. The first-order chi connectivity index (χ1) is 12.7. The molecule has 1 saturated carbocycles. The highest BCUT2D eigenvalue weighted by atomic mass is 32.2. The molecule has 2 heterocycles. The molecule has 0 bridgehead atoms. The van der Waals surface area contributed by atoms with Crippen molar-refractivity contribution in [3.8, 4) is 11.4 Å². The summed E-state index contributed by atoms with van der Waals surface area (Å²) in [5, 5.41) is 7.90. The van der Waals surface area contributed by atoms with Crippen molar-refractivity contribution in [1.29, 1.82) is 0 Å². The lowest BCUT2D eigenvalue weighted by molar-refractivity contribution is -0.134. The van der Waals surface area contributed by atoms with Crippen molar-refractivity contribution in [3.63, 3.8) is 0 Å². The molecule has 1 aliphatic carbocycles. The number of nitrogens with one attached hydrogen (secondary N) is 1. The molecule has 0 spiro atoms. The van der Waals surface area contributed by atoms with Gasteiger partial charge in [0.05, 0.1) is 5.75 Å². The lowest BCUT2D eigenvalue weighted by Crippen LogP contribution is -2.50. The lowest BCUT2D eigenvalue weighted by Gasteiger charge is -2.44. The summed E-state index contributed by atoms with van der Waals surface area (Å²) in [6, 6.07) is 8.66. The number of carbonyl (C=O) groups excluding carboxylic acids is 1. The third-order valence-corrected chi connectivity index (χ3v) is 6.51. The molecule has 1 aromatic heterocycles. The van der Waals surface area contributed by atoms with Crippen molar-refractivity contribution >= 4 is 17.7 Å². The van der Waals surface area contributed by atoms with Crippen LogP contribution in [0.5, 0.6) is 0 Å². The molecular weight excluding hydrogens is 344 g/mol. The van der Waals surface area contributed by atoms with Crippen molar-refractivity contribution in [2.24, 2.45) is 5.92 Å². The Morgan fingerprint density at radius 3 is 2.81 bits per heavy atom. The van der Waals surface area contributed by atoms with E-state index in [1.807, 2.05) is 12.1 Å². The second-order valence-electron chi connectivity index (χ2n) is 7.46. The van der Waals surface area contributed by atoms with Gasteiger partial charge in [0.15, 0.2) is 5.82 Å². The van der Waals surface area contributed by atoms with E-state index in [-0.39, 0.29) is 5.91 Å². The number of carbonyl (C=O) groups is 1. The van der Waals surface area contributed by atoms with E-state index < -0.39 is 0 Å². The van der Waals surface area contributed by atoms with Crippen LogP contribution in [0.4, 0.5) is 0 Å². The molecule has 1 aromatic carbocycles. The molecule has 1 amide bonds. The Morgan fingerprint density at radius 1 is 1.19 bits per heavy atom. The number of aryl methyl sites for hydroxylation is 1. The molecule has 6 heteroatoms. The summed E-state index contributed by atoms with van der Waals surface area (Å²) < 4.78 is 0. The Kier molecular flexibility index (Phi) is 5.29. The number of rotatable bonds is 4. The zero-order valence-electron chi connectivity index (χ0n) is 15.3. The molecule has 5 nitrogen and oxygen atoms in total. The average molecular weight is 371 g/mol. The highest BCUT2D eigenvalue weighted by Crippen LogP contribution is 2.35. The number of amides is 1. The quantitative estimate of drug-likeness (QED) is 0.825. The maximum absolute atomic E-state index is 12.8. The molecule has 1 N–H and O–H groups in total. The van der Waals surface area contributed by atoms with Gasteiger partial charge in [0.2, 0.25) is 11.1 Å². The van der Waals surface area contributed by atoms with Gasteiger partial charge in [-0.3, -0.25) is 9.89 Å². The molecule has 2 fully saturated rings. The van der Waals surface area contributed by atoms with Gasteiger partial charge < -0.3 is 4.90 Å². The molecular formula is C20H26N4OS. The normalized spacial score (nSPS) is 22.9. The number of fused-ring (bicyclic) bond motifs is 1. The third-order valence-electron chi connectivity index (χ3n) is 5.68. The molecule has 2 aromatic rings. The van der Waals surface area contributed by atoms with E-state index in [9.17, 15) is 4.79 Å². The van der Waals surface area contributed by atoms with E-state index in [2.05, 4.69) is 39.1 Å². The topological polar surface area (TPSA) is 61.9 Å². The smallest absolute Gasteiger partial charge is 0.233 e. The molecule has 0 radical (unpaired) electrons. The Bertz CT molecular complexity index is 755. The summed E-state index contributed by atoms with van der Waals surface area (Å²) in [6.07, 6.45) is 7.51. The van der Waals surface area contributed by atoms with Gasteiger partial charge in [0.1, 0.15) is 0 Å². The van der Waals surface area contributed by atoms with Crippen LogP contribution in [0.15, 0.2) is 29.4 Å². The van der Waals surface area contributed by atoms with Crippen molar-refractivity contribution in [1.82, 2.24) is 20.1 Å². The summed E-state index contributed by atoms with van der Waals surface area (Å²) in [4.78, 5) is 19.5. The van der Waals surface area contributed by atoms with Crippen molar-refractivity contribution in [2.75, 3.05) is 12.3 Å². The van der Waals surface area contributed by atoms with Crippen LogP contribution < -0.4 is 0 Å². The fraction of sp³-hybridized carbons (Fsp3) is 0.550. The van der Waals surface area contributed by atoms with Gasteiger partial charge in [-0.15, -0.1) is 5.10 Å². The molecule has 4 rings (SSSR count). The van der Waals surface area contributed by atoms with Crippen LogP contribution in [0.2, 0.25) is 0 Å². The van der Waals surface area contributed by atoms with Gasteiger partial charge in [0.25, 0.3) is 0 Å².